The molecule has 0 aliphatic heterocycles. The van der Waals surface area contributed by atoms with Gasteiger partial charge in [-0.2, -0.15) is 37.0 Å². The summed E-state index contributed by atoms with van der Waals surface area (Å²) < 4.78 is 0. The molecule has 11 nitrogen and oxygen atoms in total. The van der Waals surface area contributed by atoms with Gasteiger partial charge in [-0.1, -0.05) is 0 Å². The standard InChI is InChI=1S/C16H28N4O7S3/c1-30-5-4-8(17)13(23)19-10(6-28)15(25)20-11(7-29)14(24)18-9(16(26)27)2-3-12(21)22/h8-11,28-29H,2-7,17H2,1H3,(H,18,24)(H,19,23)(H,20,25)(H,21,22)(H,26,27). The highest BCUT2D eigenvalue weighted by Gasteiger charge is 2.29. The van der Waals surface area contributed by atoms with Gasteiger partial charge in [0.05, 0.1) is 6.04 Å². The van der Waals surface area contributed by atoms with E-state index in [0.717, 1.165) is 0 Å². The van der Waals surface area contributed by atoms with Crippen molar-refractivity contribution in [2.75, 3.05) is 23.5 Å². The van der Waals surface area contributed by atoms with Crippen LogP contribution in [0.4, 0.5) is 0 Å². The summed E-state index contributed by atoms with van der Waals surface area (Å²) in [7, 11) is 0. The number of thiol groups is 2. The van der Waals surface area contributed by atoms with Gasteiger partial charge >= 0.3 is 11.9 Å². The smallest absolute Gasteiger partial charge is 0.326 e. The molecule has 0 aromatic heterocycles. The second-order valence-electron chi connectivity index (χ2n) is 6.21. The van der Waals surface area contributed by atoms with Crippen LogP contribution in [0.5, 0.6) is 0 Å². The molecule has 0 aliphatic carbocycles. The molecule has 0 rings (SSSR count). The number of hydrogen-bond donors (Lipinski definition) is 8. The predicted molar refractivity (Wildman–Crippen MR) is 119 cm³/mol. The quantitative estimate of drug-likeness (QED) is 0.126. The maximum Gasteiger partial charge on any atom is 0.326 e. The van der Waals surface area contributed by atoms with Crippen LogP contribution >= 0.6 is 37.0 Å². The second-order valence-corrected chi connectivity index (χ2v) is 7.92. The molecule has 4 unspecified atom stereocenters. The molecule has 172 valence electrons. The fourth-order valence-electron chi connectivity index (χ4n) is 2.11. The number of carboxylic acids is 2. The van der Waals surface area contributed by atoms with Crippen LogP contribution in [0.15, 0.2) is 0 Å². The molecule has 0 spiro atoms. The molecule has 4 atom stereocenters. The highest BCUT2D eigenvalue weighted by molar-refractivity contribution is 7.98. The van der Waals surface area contributed by atoms with Crippen molar-refractivity contribution in [1.82, 2.24) is 16.0 Å². The van der Waals surface area contributed by atoms with E-state index in [4.69, 9.17) is 15.9 Å². The molecule has 0 fully saturated rings. The molecule has 0 aromatic rings. The normalized spacial score (nSPS) is 14.7. The molecule has 0 bridgehead atoms. The van der Waals surface area contributed by atoms with E-state index in [0.29, 0.717) is 12.2 Å². The van der Waals surface area contributed by atoms with Crippen LogP contribution in [0.2, 0.25) is 0 Å². The minimum Gasteiger partial charge on any atom is -0.481 e. The van der Waals surface area contributed by atoms with Gasteiger partial charge < -0.3 is 31.9 Å². The first-order chi connectivity index (χ1) is 14.1. The number of amides is 3. The number of nitrogens with one attached hydrogen (secondary N) is 3. The Morgan fingerprint density at radius 2 is 1.33 bits per heavy atom. The van der Waals surface area contributed by atoms with Gasteiger partial charge in [0.2, 0.25) is 17.7 Å². The largest absolute Gasteiger partial charge is 0.481 e. The lowest BCUT2D eigenvalue weighted by molar-refractivity contribution is -0.143. The molecular weight excluding hydrogens is 456 g/mol. The average molecular weight is 485 g/mol. The van der Waals surface area contributed by atoms with Crippen LogP contribution in [-0.2, 0) is 24.0 Å². The zero-order chi connectivity index (χ0) is 23.3. The topological polar surface area (TPSA) is 188 Å². The van der Waals surface area contributed by atoms with E-state index in [1.54, 1.807) is 0 Å². The van der Waals surface area contributed by atoms with Crippen LogP contribution < -0.4 is 21.7 Å². The number of thioether (sulfide) groups is 1. The maximum atomic E-state index is 12.4. The Balaban J connectivity index is 4.94. The third kappa shape index (κ3) is 10.9. The minimum absolute atomic E-state index is 0.0654. The lowest BCUT2D eigenvalue weighted by atomic mass is 10.1. The van der Waals surface area contributed by atoms with Crippen molar-refractivity contribution in [1.29, 1.82) is 0 Å². The van der Waals surface area contributed by atoms with Crippen LogP contribution in [0, 0.1) is 0 Å². The van der Waals surface area contributed by atoms with Crippen LogP contribution in [0.25, 0.3) is 0 Å². The highest BCUT2D eigenvalue weighted by Crippen LogP contribution is 2.02. The Morgan fingerprint density at radius 3 is 1.73 bits per heavy atom. The Morgan fingerprint density at radius 1 is 0.867 bits per heavy atom. The summed E-state index contributed by atoms with van der Waals surface area (Å²) in [6.07, 6.45) is 1.50. The SMILES string of the molecule is CSCCC(N)C(=O)NC(CS)C(=O)NC(CS)C(=O)NC(CCC(=O)O)C(=O)O. The molecule has 0 aromatic carbocycles. The minimum atomic E-state index is -1.44. The number of rotatable bonds is 15. The van der Waals surface area contributed by atoms with Crippen molar-refractivity contribution in [3.05, 3.63) is 0 Å². The van der Waals surface area contributed by atoms with E-state index in [-0.39, 0.29) is 17.9 Å². The number of hydrogen-bond acceptors (Lipinski definition) is 9. The first-order valence-corrected chi connectivity index (χ1v) is 11.5. The Hall–Kier alpha value is -1.64. The maximum absolute atomic E-state index is 12.4. The number of carbonyl (C=O) groups excluding carboxylic acids is 3. The first kappa shape index (κ1) is 28.4. The number of carboxylic acid groups (broad SMARTS) is 2. The molecule has 0 aliphatic rings. The summed E-state index contributed by atoms with van der Waals surface area (Å²) in [6.45, 7) is 0. The van der Waals surface area contributed by atoms with Gasteiger partial charge in [0.15, 0.2) is 0 Å². The van der Waals surface area contributed by atoms with Crippen molar-refractivity contribution >= 4 is 66.7 Å². The van der Waals surface area contributed by atoms with Crippen LogP contribution in [-0.4, -0.2) is 87.6 Å². The Kier molecular flexibility index (Phi) is 14.4. The molecule has 7 N–H and O–H groups in total. The zero-order valence-electron chi connectivity index (χ0n) is 16.4. The number of nitrogens with two attached hydrogens (primary N) is 1. The Bertz CT molecular complexity index is 624. The zero-order valence-corrected chi connectivity index (χ0v) is 19.0. The summed E-state index contributed by atoms with van der Waals surface area (Å²) >= 11 is 9.53. The second kappa shape index (κ2) is 15.2. The van der Waals surface area contributed by atoms with Gasteiger partial charge in [-0.05, 0) is 24.9 Å². The first-order valence-electron chi connectivity index (χ1n) is 8.89. The van der Waals surface area contributed by atoms with Gasteiger partial charge in [0.1, 0.15) is 18.1 Å². The van der Waals surface area contributed by atoms with Crippen molar-refractivity contribution in [2.24, 2.45) is 5.73 Å². The fraction of sp³-hybridized carbons (Fsp3) is 0.688. The van der Waals surface area contributed by atoms with E-state index in [2.05, 4.69) is 41.2 Å². The van der Waals surface area contributed by atoms with Gasteiger partial charge in [0, 0.05) is 17.9 Å². The average Bonchev–Trinajstić information content (AvgIpc) is 2.70. The monoisotopic (exact) mass is 484 g/mol. The van der Waals surface area contributed by atoms with Gasteiger partial charge in [0.25, 0.3) is 0 Å². The lowest BCUT2D eigenvalue weighted by Crippen LogP contribution is -2.58. The van der Waals surface area contributed by atoms with Crippen molar-refractivity contribution in [2.45, 2.75) is 43.4 Å². The summed E-state index contributed by atoms with van der Waals surface area (Å²) in [4.78, 5) is 58.7. The summed E-state index contributed by atoms with van der Waals surface area (Å²) in [6, 6.07) is -4.53. The van der Waals surface area contributed by atoms with Crippen molar-refractivity contribution in [3.8, 4) is 0 Å². The predicted octanol–water partition coefficient (Wildman–Crippen LogP) is -1.67. The number of aliphatic carboxylic acids is 2. The third-order valence-corrected chi connectivity index (χ3v) is 5.24. The summed E-state index contributed by atoms with van der Waals surface area (Å²) in [5.41, 5.74) is 5.76. The van der Waals surface area contributed by atoms with E-state index >= 15 is 0 Å². The summed E-state index contributed by atoms with van der Waals surface area (Å²) in [5, 5.41) is 24.8. The lowest BCUT2D eigenvalue weighted by Gasteiger charge is -2.23. The van der Waals surface area contributed by atoms with Gasteiger partial charge in [-0.3, -0.25) is 19.2 Å². The highest BCUT2D eigenvalue weighted by atomic mass is 32.2. The molecule has 30 heavy (non-hydrogen) atoms. The molecule has 14 heteroatoms. The molecule has 0 heterocycles. The molecule has 0 radical (unpaired) electrons. The fourth-order valence-corrected chi connectivity index (χ4v) is 3.12. The van der Waals surface area contributed by atoms with Crippen LogP contribution in [0.1, 0.15) is 19.3 Å². The van der Waals surface area contributed by atoms with E-state index in [9.17, 15) is 24.0 Å². The van der Waals surface area contributed by atoms with Crippen LogP contribution in [0.3, 0.4) is 0 Å². The number of carbonyl (C=O) groups is 5. The van der Waals surface area contributed by atoms with E-state index in [1.165, 1.54) is 11.8 Å². The van der Waals surface area contributed by atoms with Gasteiger partial charge in [-0.25, -0.2) is 4.79 Å². The van der Waals surface area contributed by atoms with Gasteiger partial charge in [-0.15, -0.1) is 0 Å². The molecule has 0 saturated carbocycles. The summed E-state index contributed by atoms with van der Waals surface area (Å²) in [5.74, 6) is -4.29. The van der Waals surface area contributed by atoms with Crippen molar-refractivity contribution in [3.63, 3.8) is 0 Å². The Labute approximate surface area is 189 Å². The van der Waals surface area contributed by atoms with Crippen molar-refractivity contribution < 1.29 is 34.2 Å². The van der Waals surface area contributed by atoms with E-state index in [1.807, 2.05) is 6.26 Å². The molecular formula is C16H28N4O7S3. The molecule has 0 saturated heterocycles. The third-order valence-electron chi connectivity index (χ3n) is 3.86. The molecule has 3 amide bonds. The van der Waals surface area contributed by atoms with E-state index < -0.39 is 60.2 Å².